The highest BCUT2D eigenvalue weighted by molar-refractivity contribution is 7.99. The SMILES string of the molecule is O=[N+]([O-])c1cc(Cl)ccc1Sc1nc2ccccc2o1. The Morgan fingerprint density at radius 2 is 2.05 bits per heavy atom. The summed E-state index contributed by atoms with van der Waals surface area (Å²) < 4.78 is 5.53. The number of nitro groups is 1. The average Bonchev–Trinajstić information content (AvgIpc) is 2.82. The van der Waals surface area contributed by atoms with Gasteiger partial charge in [-0.2, -0.15) is 0 Å². The molecule has 7 heteroatoms. The summed E-state index contributed by atoms with van der Waals surface area (Å²) in [6, 6.07) is 11.8. The quantitative estimate of drug-likeness (QED) is 0.525. The summed E-state index contributed by atoms with van der Waals surface area (Å²) >= 11 is 6.87. The lowest BCUT2D eigenvalue weighted by Crippen LogP contribution is -1.90. The van der Waals surface area contributed by atoms with E-state index in [1.165, 1.54) is 6.07 Å². The smallest absolute Gasteiger partial charge is 0.284 e. The van der Waals surface area contributed by atoms with Gasteiger partial charge in [0.25, 0.3) is 10.9 Å². The molecule has 0 radical (unpaired) electrons. The van der Waals surface area contributed by atoms with Crippen molar-refractivity contribution in [1.82, 2.24) is 4.98 Å². The van der Waals surface area contributed by atoms with E-state index in [4.69, 9.17) is 16.0 Å². The van der Waals surface area contributed by atoms with E-state index >= 15 is 0 Å². The van der Waals surface area contributed by atoms with Crippen LogP contribution in [-0.2, 0) is 0 Å². The van der Waals surface area contributed by atoms with E-state index in [2.05, 4.69) is 4.98 Å². The normalized spacial score (nSPS) is 10.8. The molecule has 3 rings (SSSR count). The standard InChI is InChI=1S/C13H7ClN2O3S/c14-8-5-6-12(10(7-8)16(17)18)20-13-15-9-3-1-2-4-11(9)19-13/h1-7H. The first-order valence-corrected chi connectivity index (χ1v) is 6.80. The summed E-state index contributed by atoms with van der Waals surface area (Å²) in [6.45, 7) is 0. The van der Waals surface area contributed by atoms with Crippen LogP contribution in [0.5, 0.6) is 0 Å². The summed E-state index contributed by atoms with van der Waals surface area (Å²) in [5.74, 6) is 0. The van der Waals surface area contributed by atoms with Gasteiger partial charge in [-0.05, 0) is 36.0 Å². The first-order valence-electron chi connectivity index (χ1n) is 5.61. The molecule has 0 aliphatic rings. The number of fused-ring (bicyclic) bond motifs is 1. The van der Waals surface area contributed by atoms with Crippen molar-refractivity contribution in [3.63, 3.8) is 0 Å². The summed E-state index contributed by atoms with van der Waals surface area (Å²) in [5.41, 5.74) is 1.29. The highest BCUT2D eigenvalue weighted by Crippen LogP contribution is 2.36. The van der Waals surface area contributed by atoms with Gasteiger partial charge in [-0.25, -0.2) is 4.98 Å². The number of hydrogen-bond donors (Lipinski definition) is 0. The second-order valence-corrected chi connectivity index (χ2v) is 5.35. The molecule has 100 valence electrons. The Labute approximate surface area is 122 Å². The van der Waals surface area contributed by atoms with Crippen LogP contribution in [0.25, 0.3) is 11.1 Å². The molecule has 0 aliphatic heterocycles. The number of nitro benzene ring substituents is 1. The van der Waals surface area contributed by atoms with Crippen molar-refractivity contribution in [3.8, 4) is 0 Å². The van der Waals surface area contributed by atoms with Crippen molar-refractivity contribution >= 4 is 40.1 Å². The van der Waals surface area contributed by atoms with Crippen LogP contribution < -0.4 is 0 Å². The minimum Gasteiger partial charge on any atom is -0.431 e. The topological polar surface area (TPSA) is 69.2 Å². The maximum absolute atomic E-state index is 11.0. The highest BCUT2D eigenvalue weighted by Gasteiger charge is 2.18. The molecule has 0 saturated heterocycles. The maximum atomic E-state index is 11.0. The van der Waals surface area contributed by atoms with Crippen LogP contribution in [0.2, 0.25) is 5.02 Å². The maximum Gasteiger partial charge on any atom is 0.284 e. The Hall–Kier alpha value is -2.05. The van der Waals surface area contributed by atoms with Crippen molar-refractivity contribution in [1.29, 1.82) is 0 Å². The average molecular weight is 307 g/mol. The fourth-order valence-electron chi connectivity index (χ4n) is 1.71. The number of oxazole rings is 1. The zero-order valence-electron chi connectivity index (χ0n) is 9.95. The van der Waals surface area contributed by atoms with Gasteiger partial charge in [0.1, 0.15) is 5.52 Å². The molecule has 0 N–H and O–H groups in total. The van der Waals surface area contributed by atoms with Crippen LogP contribution in [0, 0.1) is 10.1 Å². The largest absolute Gasteiger partial charge is 0.431 e. The summed E-state index contributed by atoms with van der Waals surface area (Å²) in [7, 11) is 0. The molecule has 0 fully saturated rings. The molecule has 20 heavy (non-hydrogen) atoms. The summed E-state index contributed by atoms with van der Waals surface area (Å²) in [4.78, 5) is 15.3. The fourth-order valence-corrected chi connectivity index (χ4v) is 2.71. The van der Waals surface area contributed by atoms with Crippen LogP contribution in [0.15, 0.2) is 57.0 Å². The summed E-state index contributed by atoms with van der Waals surface area (Å²) in [5, 5.41) is 11.7. The van der Waals surface area contributed by atoms with Gasteiger partial charge >= 0.3 is 0 Å². The fraction of sp³-hybridized carbons (Fsp3) is 0. The lowest BCUT2D eigenvalue weighted by molar-refractivity contribution is -0.387. The van der Waals surface area contributed by atoms with E-state index in [1.54, 1.807) is 18.2 Å². The lowest BCUT2D eigenvalue weighted by atomic mass is 10.3. The molecular formula is C13H7ClN2O3S. The Balaban J connectivity index is 2.00. The Morgan fingerprint density at radius 1 is 1.25 bits per heavy atom. The molecule has 1 heterocycles. The van der Waals surface area contributed by atoms with E-state index in [0.717, 1.165) is 11.8 Å². The molecule has 0 atom stereocenters. The number of aromatic nitrogens is 1. The van der Waals surface area contributed by atoms with Crippen LogP contribution in [-0.4, -0.2) is 9.91 Å². The van der Waals surface area contributed by atoms with Gasteiger partial charge < -0.3 is 4.42 Å². The van der Waals surface area contributed by atoms with E-state index in [0.29, 0.717) is 26.2 Å². The lowest BCUT2D eigenvalue weighted by Gasteiger charge is -1.99. The Kier molecular flexibility index (Phi) is 3.33. The molecule has 5 nitrogen and oxygen atoms in total. The van der Waals surface area contributed by atoms with Crippen LogP contribution >= 0.6 is 23.4 Å². The zero-order valence-corrected chi connectivity index (χ0v) is 11.5. The molecule has 3 aromatic rings. The number of benzene rings is 2. The van der Waals surface area contributed by atoms with Gasteiger partial charge in [-0.1, -0.05) is 23.7 Å². The third-order valence-corrected chi connectivity index (χ3v) is 3.74. The third-order valence-electron chi connectivity index (χ3n) is 2.59. The van der Waals surface area contributed by atoms with E-state index in [1.807, 2.05) is 18.2 Å². The van der Waals surface area contributed by atoms with Gasteiger partial charge in [0.15, 0.2) is 5.58 Å². The summed E-state index contributed by atoms with van der Waals surface area (Å²) in [6.07, 6.45) is 0. The second kappa shape index (κ2) is 5.15. The molecule has 0 bridgehead atoms. The van der Waals surface area contributed by atoms with Crippen molar-refractivity contribution in [3.05, 3.63) is 57.6 Å². The van der Waals surface area contributed by atoms with Gasteiger partial charge in [0.2, 0.25) is 0 Å². The molecule has 0 spiro atoms. The van der Waals surface area contributed by atoms with Crippen LogP contribution in [0.1, 0.15) is 0 Å². The van der Waals surface area contributed by atoms with Gasteiger partial charge in [0, 0.05) is 11.1 Å². The third kappa shape index (κ3) is 2.48. The predicted molar refractivity (Wildman–Crippen MR) is 76.2 cm³/mol. The second-order valence-electron chi connectivity index (χ2n) is 3.92. The molecular weight excluding hydrogens is 300 g/mol. The van der Waals surface area contributed by atoms with Crippen LogP contribution in [0.4, 0.5) is 5.69 Å². The Morgan fingerprint density at radius 3 is 2.80 bits per heavy atom. The van der Waals surface area contributed by atoms with Gasteiger partial charge in [0.05, 0.1) is 9.82 Å². The van der Waals surface area contributed by atoms with E-state index in [9.17, 15) is 10.1 Å². The number of halogens is 1. The first kappa shape index (κ1) is 13.0. The van der Waals surface area contributed by atoms with Gasteiger partial charge in [-0.3, -0.25) is 10.1 Å². The zero-order chi connectivity index (χ0) is 14.1. The van der Waals surface area contributed by atoms with E-state index < -0.39 is 4.92 Å². The van der Waals surface area contributed by atoms with Crippen LogP contribution in [0.3, 0.4) is 0 Å². The molecule has 0 amide bonds. The van der Waals surface area contributed by atoms with Crippen molar-refractivity contribution in [2.75, 3.05) is 0 Å². The monoisotopic (exact) mass is 306 g/mol. The molecule has 0 aliphatic carbocycles. The minimum absolute atomic E-state index is 0.0650. The highest BCUT2D eigenvalue weighted by atomic mass is 35.5. The van der Waals surface area contributed by atoms with Gasteiger partial charge in [-0.15, -0.1) is 0 Å². The van der Waals surface area contributed by atoms with E-state index in [-0.39, 0.29) is 5.69 Å². The molecule has 1 aromatic heterocycles. The Bertz CT molecular complexity index is 770. The number of hydrogen-bond acceptors (Lipinski definition) is 5. The molecule has 0 unspecified atom stereocenters. The number of para-hydroxylation sites is 2. The van der Waals surface area contributed by atoms with Crippen molar-refractivity contribution in [2.24, 2.45) is 0 Å². The minimum atomic E-state index is -0.475. The number of nitrogens with zero attached hydrogens (tertiary/aromatic N) is 2. The number of rotatable bonds is 3. The predicted octanol–water partition coefficient (Wildman–Crippen LogP) is 4.54. The molecule has 0 saturated carbocycles. The van der Waals surface area contributed by atoms with Crippen molar-refractivity contribution < 1.29 is 9.34 Å². The van der Waals surface area contributed by atoms with Crippen molar-refractivity contribution in [2.45, 2.75) is 10.1 Å². The first-order chi connectivity index (χ1) is 9.63. The molecule has 2 aromatic carbocycles.